The second-order valence-electron chi connectivity index (χ2n) is 3.32. The Morgan fingerprint density at radius 2 is 2.57 bits per heavy atom. The zero-order chi connectivity index (χ0) is 9.97. The summed E-state index contributed by atoms with van der Waals surface area (Å²) in [4.78, 5) is 4.30. The van der Waals surface area contributed by atoms with Gasteiger partial charge in [0.2, 0.25) is 0 Å². The molecule has 4 heteroatoms. The van der Waals surface area contributed by atoms with Crippen molar-refractivity contribution in [2.75, 3.05) is 6.61 Å². The predicted molar refractivity (Wildman–Crippen MR) is 55.2 cm³/mol. The number of aliphatic hydroxyl groups excluding tert-OH is 1. The molecule has 0 spiro atoms. The molecular weight excluding hydrogens is 198 g/mol. The molecular formula is C10H13NO2S. The molecule has 1 aromatic heterocycles. The minimum absolute atomic E-state index is 0.529. The fourth-order valence-electron chi connectivity index (χ4n) is 1.47. The first-order valence-corrected chi connectivity index (χ1v) is 5.55. The number of nitrogens with zero attached hydrogens (tertiary/aromatic N) is 1. The minimum Gasteiger partial charge on any atom is -0.495 e. The number of aryl methyl sites for hydroxylation is 1. The van der Waals surface area contributed by atoms with E-state index in [0.29, 0.717) is 18.8 Å². The third-order valence-corrected chi connectivity index (χ3v) is 2.95. The highest BCUT2D eigenvalue weighted by Crippen LogP contribution is 2.18. The van der Waals surface area contributed by atoms with E-state index in [1.165, 1.54) is 0 Å². The van der Waals surface area contributed by atoms with Gasteiger partial charge in [-0.15, -0.1) is 11.3 Å². The van der Waals surface area contributed by atoms with E-state index in [0.717, 1.165) is 17.1 Å². The molecule has 0 aliphatic carbocycles. The highest BCUT2D eigenvalue weighted by atomic mass is 32.1. The monoisotopic (exact) mass is 211 g/mol. The summed E-state index contributed by atoms with van der Waals surface area (Å²) < 4.78 is 5.28. The standard InChI is InChI=1S/C10H13NO2S/c1-7-11-8(6-14-7)5-9(12)10-3-2-4-13-10/h3,6,9,12H,2,4-5H2,1H3. The van der Waals surface area contributed by atoms with Crippen LogP contribution in [0.1, 0.15) is 17.1 Å². The topological polar surface area (TPSA) is 42.4 Å². The zero-order valence-electron chi connectivity index (χ0n) is 8.06. The van der Waals surface area contributed by atoms with Crippen molar-refractivity contribution in [1.82, 2.24) is 4.98 Å². The number of hydrogen-bond acceptors (Lipinski definition) is 4. The molecule has 1 atom stereocenters. The van der Waals surface area contributed by atoms with Crippen LogP contribution >= 0.6 is 11.3 Å². The quantitative estimate of drug-likeness (QED) is 0.826. The third kappa shape index (κ3) is 2.13. The molecule has 1 aliphatic rings. The van der Waals surface area contributed by atoms with E-state index in [-0.39, 0.29) is 0 Å². The average Bonchev–Trinajstić information content (AvgIpc) is 2.75. The molecule has 0 radical (unpaired) electrons. The van der Waals surface area contributed by atoms with Crippen LogP contribution in [0.5, 0.6) is 0 Å². The third-order valence-electron chi connectivity index (χ3n) is 2.13. The van der Waals surface area contributed by atoms with Gasteiger partial charge in [0, 0.05) is 18.2 Å². The van der Waals surface area contributed by atoms with Crippen molar-refractivity contribution in [3.8, 4) is 0 Å². The van der Waals surface area contributed by atoms with E-state index in [1.54, 1.807) is 11.3 Å². The average molecular weight is 211 g/mol. The summed E-state index contributed by atoms with van der Waals surface area (Å²) in [5, 5.41) is 12.8. The maximum absolute atomic E-state index is 9.78. The van der Waals surface area contributed by atoms with Gasteiger partial charge < -0.3 is 9.84 Å². The fraction of sp³-hybridized carbons (Fsp3) is 0.500. The number of aliphatic hydroxyl groups is 1. The lowest BCUT2D eigenvalue weighted by Gasteiger charge is -2.10. The lowest BCUT2D eigenvalue weighted by Crippen LogP contribution is -2.14. The van der Waals surface area contributed by atoms with Crippen LogP contribution in [0.2, 0.25) is 0 Å². The first-order chi connectivity index (χ1) is 6.75. The van der Waals surface area contributed by atoms with Gasteiger partial charge in [-0.05, 0) is 13.0 Å². The Labute approximate surface area is 87.1 Å². The SMILES string of the molecule is Cc1nc(CC(O)C2=CCCO2)cs1. The summed E-state index contributed by atoms with van der Waals surface area (Å²) in [6.07, 6.45) is 2.88. The molecule has 0 saturated heterocycles. The van der Waals surface area contributed by atoms with Crippen molar-refractivity contribution >= 4 is 11.3 Å². The Balaban J connectivity index is 1.97. The van der Waals surface area contributed by atoms with Crippen molar-refractivity contribution in [2.45, 2.75) is 25.9 Å². The largest absolute Gasteiger partial charge is 0.495 e. The Bertz CT molecular complexity index is 346. The van der Waals surface area contributed by atoms with Crippen molar-refractivity contribution in [2.24, 2.45) is 0 Å². The Kier molecular flexibility index (Phi) is 2.84. The Hall–Kier alpha value is -0.870. The molecule has 0 saturated carbocycles. The maximum atomic E-state index is 9.78. The Morgan fingerprint density at radius 1 is 1.71 bits per heavy atom. The van der Waals surface area contributed by atoms with Gasteiger partial charge in [-0.25, -0.2) is 4.98 Å². The molecule has 76 valence electrons. The van der Waals surface area contributed by atoms with Crippen LogP contribution in [-0.2, 0) is 11.2 Å². The molecule has 0 bridgehead atoms. The summed E-state index contributed by atoms with van der Waals surface area (Å²) in [6, 6.07) is 0. The number of ether oxygens (including phenoxy) is 1. The minimum atomic E-state index is -0.529. The van der Waals surface area contributed by atoms with Crippen LogP contribution in [0.25, 0.3) is 0 Å². The van der Waals surface area contributed by atoms with Crippen molar-refractivity contribution < 1.29 is 9.84 Å². The van der Waals surface area contributed by atoms with Gasteiger partial charge in [0.1, 0.15) is 11.9 Å². The summed E-state index contributed by atoms with van der Waals surface area (Å²) in [5.74, 6) is 0.704. The lowest BCUT2D eigenvalue weighted by molar-refractivity contribution is 0.117. The van der Waals surface area contributed by atoms with Gasteiger partial charge in [0.25, 0.3) is 0 Å². The number of rotatable bonds is 3. The molecule has 1 unspecified atom stereocenters. The van der Waals surface area contributed by atoms with Crippen molar-refractivity contribution in [3.05, 3.63) is 27.9 Å². The van der Waals surface area contributed by atoms with Gasteiger partial charge in [-0.2, -0.15) is 0 Å². The highest BCUT2D eigenvalue weighted by molar-refractivity contribution is 7.09. The van der Waals surface area contributed by atoms with Gasteiger partial charge in [-0.1, -0.05) is 0 Å². The molecule has 3 nitrogen and oxygen atoms in total. The molecule has 2 heterocycles. The molecule has 1 aliphatic heterocycles. The smallest absolute Gasteiger partial charge is 0.121 e. The lowest BCUT2D eigenvalue weighted by atomic mass is 10.2. The second kappa shape index (κ2) is 4.11. The molecule has 0 fully saturated rings. The summed E-state index contributed by atoms with van der Waals surface area (Å²) in [6.45, 7) is 2.66. The molecule has 2 rings (SSSR count). The second-order valence-corrected chi connectivity index (χ2v) is 4.38. The first-order valence-electron chi connectivity index (χ1n) is 4.67. The van der Waals surface area contributed by atoms with Crippen molar-refractivity contribution in [1.29, 1.82) is 0 Å². The van der Waals surface area contributed by atoms with Crippen molar-refractivity contribution in [3.63, 3.8) is 0 Å². The van der Waals surface area contributed by atoms with E-state index in [2.05, 4.69) is 4.98 Å². The van der Waals surface area contributed by atoms with Gasteiger partial charge >= 0.3 is 0 Å². The summed E-state index contributed by atoms with van der Waals surface area (Å²) >= 11 is 1.61. The van der Waals surface area contributed by atoms with E-state index >= 15 is 0 Å². The van der Waals surface area contributed by atoms with Crippen LogP contribution < -0.4 is 0 Å². The van der Waals surface area contributed by atoms with E-state index in [1.807, 2.05) is 18.4 Å². The van der Waals surface area contributed by atoms with E-state index in [9.17, 15) is 5.11 Å². The van der Waals surface area contributed by atoms with Crippen LogP contribution in [0.3, 0.4) is 0 Å². The number of thiazole rings is 1. The van der Waals surface area contributed by atoms with Crippen LogP contribution in [0.15, 0.2) is 17.2 Å². The first kappa shape index (κ1) is 9.68. The number of aromatic nitrogens is 1. The number of hydrogen-bond donors (Lipinski definition) is 1. The molecule has 1 N–H and O–H groups in total. The van der Waals surface area contributed by atoms with E-state index in [4.69, 9.17) is 4.74 Å². The molecule has 1 aromatic rings. The fourth-order valence-corrected chi connectivity index (χ4v) is 2.10. The van der Waals surface area contributed by atoms with E-state index < -0.39 is 6.10 Å². The van der Waals surface area contributed by atoms with Gasteiger partial charge in [0.15, 0.2) is 0 Å². The van der Waals surface area contributed by atoms with Crippen LogP contribution in [0.4, 0.5) is 0 Å². The Morgan fingerprint density at radius 3 is 3.14 bits per heavy atom. The van der Waals surface area contributed by atoms with Crippen LogP contribution in [0, 0.1) is 6.92 Å². The summed E-state index contributed by atoms with van der Waals surface area (Å²) in [7, 11) is 0. The summed E-state index contributed by atoms with van der Waals surface area (Å²) in [5.41, 5.74) is 0.941. The van der Waals surface area contributed by atoms with Gasteiger partial charge in [0.05, 0.1) is 17.3 Å². The van der Waals surface area contributed by atoms with Gasteiger partial charge in [-0.3, -0.25) is 0 Å². The predicted octanol–water partition coefficient (Wildman–Crippen LogP) is 1.66. The molecule has 0 aromatic carbocycles. The van der Waals surface area contributed by atoms with Crippen LogP contribution in [-0.4, -0.2) is 22.8 Å². The molecule has 14 heavy (non-hydrogen) atoms. The molecule has 0 amide bonds. The normalized spacial score (nSPS) is 17.7. The highest BCUT2D eigenvalue weighted by Gasteiger charge is 2.17. The zero-order valence-corrected chi connectivity index (χ0v) is 8.88. The maximum Gasteiger partial charge on any atom is 0.121 e.